The van der Waals surface area contributed by atoms with Gasteiger partial charge >= 0.3 is 6.01 Å². The van der Waals surface area contributed by atoms with E-state index in [9.17, 15) is 0 Å². The summed E-state index contributed by atoms with van der Waals surface area (Å²) in [6.07, 6.45) is 1.71. The van der Waals surface area contributed by atoms with E-state index in [2.05, 4.69) is 36.8 Å². The minimum absolute atomic E-state index is 0.0820. The van der Waals surface area contributed by atoms with Crippen LogP contribution in [0.2, 0.25) is 0 Å². The van der Waals surface area contributed by atoms with Crippen LogP contribution in [0.3, 0.4) is 0 Å². The number of benzene rings is 1. The Morgan fingerprint density at radius 3 is 2.60 bits per heavy atom. The lowest BCUT2D eigenvalue weighted by Crippen LogP contribution is -2.10. The SMILES string of the molecule is Cc1nc(Oc2cccc(C(C)(C)C)c2)ncc1CCl. The van der Waals surface area contributed by atoms with Gasteiger partial charge in [0.15, 0.2) is 0 Å². The summed E-state index contributed by atoms with van der Waals surface area (Å²) in [6, 6.07) is 8.35. The minimum Gasteiger partial charge on any atom is -0.424 e. The molecule has 0 amide bonds. The normalized spacial score (nSPS) is 11.4. The monoisotopic (exact) mass is 290 g/mol. The molecule has 0 unspecified atom stereocenters. The van der Waals surface area contributed by atoms with Crippen LogP contribution in [0.1, 0.15) is 37.6 Å². The molecule has 2 aromatic rings. The third-order valence-corrected chi connectivity index (χ3v) is 3.40. The molecule has 0 aliphatic heterocycles. The second kappa shape index (κ2) is 5.80. The van der Waals surface area contributed by atoms with Gasteiger partial charge in [0, 0.05) is 17.5 Å². The lowest BCUT2D eigenvalue weighted by Gasteiger charge is -2.19. The molecule has 0 aliphatic carbocycles. The topological polar surface area (TPSA) is 35.0 Å². The highest BCUT2D eigenvalue weighted by molar-refractivity contribution is 6.17. The molecule has 0 spiro atoms. The molecule has 20 heavy (non-hydrogen) atoms. The van der Waals surface area contributed by atoms with Crippen LogP contribution < -0.4 is 4.74 Å². The largest absolute Gasteiger partial charge is 0.424 e. The maximum absolute atomic E-state index is 5.79. The second-order valence-corrected chi connectivity index (χ2v) is 6.04. The fourth-order valence-electron chi connectivity index (χ4n) is 1.78. The molecule has 1 heterocycles. The van der Waals surface area contributed by atoms with Crippen LogP contribution in [0.15, 0.2) is 30.5 Å². The Bertz CT molecular complexity index is 606. The predicted octanol–water partition coefficient (Wildman–Crippen LogP) is 4.61. The van der Waals surface area contributed by atoms with Gasteiger partial charge in [-0.1, -0.05) is 32.9 Å². The first-order valence-corrected chi connectivity index (χ1v) is 7.10. The number of aromatic nitrogens is 2. The molecule has 1 aromatic heterocycles. The van der Waals surface area contributed by atoms with Crippen molar-refractivity contribution in [1.82, 2.24) is 9.97 Å². The molecular formula is C16H19ClN2O. The Balaban J connectivity index is 2.24. The van der Waals surface area contributed by atoms with Gasteiger partial charge in [-0.2, -0.15) is 4.98 Å². The zero-order valence-electron chi connectivity index (χ0n) is 12.3. The van der Waals surface area contributed by atoms with E-state index in [1.807, 2.05) is 25.1 Å². The van der Waals surface area contributed by atoms with E-state index >= 15 is 0 Å². The first kappa shape index (κ1) is 14.8. The molecule has 0 fully saturated rings. The Morgan fingerprint density at radius 1 is 1.25 bits per heavy atom. The zero-order chi connectivity index (χ0) is 14.8. The van der Waals surface area contributed by atoms with E-state index < -0.39 is 0 Å². The first-order valence-electron chi connectivity index (χ1n) is 6.57. The fourth-order valence-corrected chi connectivity index (χ4v) is 2.04. The summed E-state index contributed by atoms with van der Waals surface area (Å²) >= 11 is 5.79. The van der Waals surface area contributed by atoms with Gasteiger partial charge in [0.05, 0.1) is 5.88 Å². The summed E-state index contributed by atoms with van der Waals surface area (Å²) in [6.45, 7) is 8.41. The number of alkyl halides is 1. The third-order valence-electron chi connectivity index (χ3n) is 3.11. The number of ether oxygens (including phenoxy) is 1. The van der Waals surface area contributed by atoms with Gasteiger partial charge in [-0.25, -0.2) is 4.98 Å². The molecule has 0 atom stereocenters. The average molecular weight is 291 g/mol. The van der Waals surface area contributed by atoms with E-state index in [1.54, 1.807) is 6.20 Å². The molecule has 4 heteroatoms. The quantitative estimate of drug-likeness (QED) is 0.774. The smallest absolute Gasteiger partial charge is 0.322 e. The molecule has 0 saturated heterocycles. The van der Waals surface area contributed by atoms with Gasteiger partial charge in [0.1, 0.15) is 5.75 Å². The van der Waals surface area contributed by atoms with Gasteiger partial charge in [-0.3, -0.25) is 0 Å². The number of aryl methyl sites for hydroxylation is 1. The van der Waals surface area contributed by atoms with E-state index in [0.29, 0.717) is 11.9 Å². The van der Waals surface area contributed by atoms with Crippen LogP contribution in [-0.4, -0.2) is 9.97 Å². The van der Waals surface area contributed by atoms with Gasteiger partial charge in [-0.05, 0) is 30.0 Å². The zero-order valence-corrected chi connectivity index (χ0v) is 13.0. The van der Waals surface area contributed by atoms with E-state index in [1.165, 1.54) is 5.56 Å². The highest BCUT2D eigenvalue weighted by Crippen LogP contribution is 2.27. The summed E-state index contributed by atoms with van der Waals surface area (Å²) in [7, 11) is 0. The molecule has 0 aliphatic rings. The van der Waals surface area contributed by atoms with Crippen LogP contribution in [0.5, 0.6) is 11.8 Å². The Kier molecular flexibility index (Phi) is 4.29. The summed E-state index contributed by atoms with van der Waals surface area (Å²) in [5.74, 6) is 1.15. The van der Waals surface area contributed by atoms with Crippen molar-refractivity contribution in [2.24, 2.45) is 0 Å². The fraction of sp³-hybridized carbons (Fsp3) is 0.375. The number of halogens is 1. The highest BCUT2D eigenvalue weighted by atomic mass is 35.5. The summed E-state index contributed by atoms with van der Waals surface area (Å²) in [4.78, 5) is 8.49. The molecule has 2 rings (SSSR count). The van der Waals surface area contributed by atoms with E-state index in [-0.39, 0.29) is 5.41 Å². The predicted molar refractivity (Wildman–Crippen MR) is 81.5 cm³/mol. The van der Waals surface area contributed by atoms with Crippen LogP contribution in [0.4, 0.5) is 0 Å². The van der Waals surface area contributed by atoms with Crippen LogP contribution in [-0.2, 0) is 11.3 Å². The van der Waals surface area contributed by atoms with Crippen molar-refractivity contribution in [3.05, 3.63) is 47.3 Å². The van der Waals surface area contributed by atoms with Crippen LogP contribution in [0, 0.1) is 6.92 Å². The molecule has 0 radical (unpaired) electrons. The van der Waals surface area contributed by atoms with Crippen molar-refractivity contribution < 1.29 is 4.74 Å². The molecule has 106 valence electrons. The van der Waals surface area contributed by atoms with Gasteiger partial charge < -0.3 is 4.74 Å². The van der Waals surface area contributed by atoms with Crippen molar-refractivity contribution in [3.8, 4) is 11.8 Å². The lowest BCUT2D eigenvalue weighted by atomic mass is 9.87. The summed E-state index contributed by atoms with van der Waals surface area (Å²) in [5.41, 5.74) is 3.06. The molecule has 1 aromatic carbocycles. The van der Waals surface area contributed by atoms with Gasteiger partial charge in [0.2, 0.25) is 0 Å². The van der Waals surface area contributed by atoms with Gasteiger partial charge in [-0.15, -0.1) is 11.6 Å². The Labute approximate surface area is 125 Å². The first-order chi connectivity index (χ1) is 9.40. The molecule has 0 N–H and O–H groups in total. The Hall–Kier alpha value is -1.61. The molecule has 3 nitrogen and oxygen atoms in total. The maximum Gasteiger partial charge on any atom is 0.322 e. The van der Waals surface area contributed by atoms with E-state index in [0.717, 1.165) is 17.0 Å². The number of hydrogen-bond donors (Lipinski definition) is 0. The third kappa shape index (κ3) is 3.48. The van der Waals surface area contributed by atoms with Crippen molar-refractivity contribution >= 4 is 11.6 Å². The van der Waals surface area contributed by atoms with Crippen LogP contribution in [0.25, 0.3) is 0 Å². The number of rotatable bonds is 3. The number of nitrogens with zero attached hydrogens (tertiary/aromatic N) is 2. The van der Waals surface area contributed by atoms with Gasteiger partial charge in [0.25, 0.3) is 0 Å². The summed E-state index contributed by atoms with van der Waals surface area (Å²) < 4.78 is 5.73. The molecule has 0 bridgehead atoms. The van der Waals surface area contributed by atoms with Crippen molar-refractivity contribution in [2.45, 2.75) is 39.0 Å². The number of hydrogen-bond acceptors (Lipinski definition) is 3. The summed E-state index contributed by atoms with van der Waals surface area (Å²) in [5, 5.41) is 0. The minimum atomic E-state index is 0.0820. The highest BCUT2D eigenvalue weighted by Gasteiger charge is 2.14. The standard InChI is InChI=1S/C16H19ClN2O/c1-11-12(9-17)10-18-15(19-11)20-14-7-5-6-13(8-14)16(2,3)4/h5-8,10H,9H2,1-4H3. The average Bonchev–Trinajstić information content (AvgIpc) is 2.38. The maximum atomic E-state index is 5.79. The van der Waals surface area contributed by atoms with Crippen molar-refractivity contribution in [2.75, 3.05) is 0 Å². The lowest BCUT2D eigenvalue weighted by molar-refractivity contribution is 0.437. The molecule has 0 saturated carbocycles. The van der Waals surface area contributed by atoms with Crippen LogP contribution >= 0.6 is 11.6 Å². The molecular weight excluding hydrogens is 272 g/mol. The second-order valence-electron chi connectivity index (χ2n) is 5.78. The Morgan fingerprint density at radius 2 is 2.00 bits per heavy atom. The van der Waals surface area contributed by atoms with E-state index in [4.69, 9.17) is 16.3 Å². The van der Waals surface area contributed by atoms with Crippen molar-refractivity contribution in [3.63, 3.8) is 0 Å². The van der Waals surface area contributed by atoms with Crippen molar-refractivity contribution in [1.29, 1.82) is 0 Å².